The van der Waals surface area contributed by atoms with E-state index < -0.39 is 36.6 Å². The number of fused-ring (bicyclic) bond motifs is 5. The first-order valence-corrected chi connectivity index (χ1v) is 19.1. The maximum atomic E-state index is 14.8. The van der Waals surface area contributed by atoms with Gasteiger partial charge in [-0.25, -0.2) is 25.1 Å². The number of ether oxygens (including phenoxy) is 3. The Hall–Kier alpha value is -2.60. The summed E-state index contributed by atoms with van der Waals surface area (Å²) in [4.78, 5) is 39.6. The molecule has 4 saturated carbocycles. The van der Waals surface area contributed by atoms with Crippen LogP contribution in [-0.2, 0) is 34.9 Å². The highest BCUT2D eigenvalue weighted by atomic mass is 31.2. The highest BCUT2D eigenvalue weighted by Crippen LogP contribution is 2.55. The molecule has 2 aromatic heterocycles. The summed E-state index contributed by atoms with van der Waals surface area (Å²) in [5.41, 5.74) is 4.45. The van der Waals surface area contributed by atoms with Crippen molar-refractivity contribution >= 4 is 36.4 Å². The highest BCUT2D eigenvalue weighted by Gasteiger charge is 2.49. The second-order valence-electron chi connectivity index (χ2n) is 16.1. The normalized spacial score (nSPS) is 28.9. The van der Waals surface area contributed by atoms with Crippen molar-refractivity contribution in [3.05, 3.63) is 12.7 Å². The molecular formula is C33H52N7O6P. The topological polar surface area (TPSA) is 173 Å². The SMILES string of the molecule is C[C@H](Cn1cnc2c(N)ncnc21)OCP(=O)(NC(C)(C)C(=O)OCC12CCC(CC1)C2)NC(C)(C)C(=O)OCC12CCC(CC1)C2. The van der Waals surface area contributed by atoms with Gasteiger partial charge < -0.3 is 24.5 Å². The van der Waals surface area contributed by atoms with Crippen molar-refractivity contribution in [2.24, 2.45) is 22.7 Å². The predicted molar refractivity (Wildman–Crippen MR) is 177 cm³/mol. The van der Waals surface area contributed by atoms with E-state index >= 15 is 0 Å². The van der Waals surface area contributed by atoms with E-state index in [1.165, 1.54) is 32.0 Å². The molecule has 4 bridgehead atoms. The van der Waals surface area contributed by atoms with E-state index in [1.807, 2.05) is 6.92 Å². The van der Waals surface area contributed by atoms with Gasteiger partial charge in [0.2, 0.25) is 7.44 Å². The molecule has 13 nitrogen and oxygen atoms in total. The third kappa shape index (κ3) is 7.38. The second-order valence-corrected chi connectivity index (χ2v) is 18.3. The van der Waals surface area contributed by atoms with E-state index in [-0.39, 0.29) is 23.0 Å². The van der Waals surface area contributed by atoms with Gasteiger partial charge in [0.15, 0.2) is 11.5 Å². The summed E-state index contributed by atoms with van der Waals surface area (Å²) < 4.78 is 34.5. The Kier molecular flexibility index (Phi) is 9.26. The van der Waals surface area contributed by atoms with Gasteiger partial charge in [-0.15, -0.1) is 0 Å². The number of nitrogens with zero attached hydrogens (tertiary/aromatic N) is 4. The largest absolute Gasteiger partial charge is 0.464 e. The van der Waals surface area contributed by atoms with E-state index in [0.29, 0.717) is 30.9 Å². The van der Waals surface area contributed by atoms with Gasteiger partial charge in [-0.3, -0.25) is 14.2 Å². The molecule has 4 aliphatic rings. The zero-order chi connectivity index (χ0) is 33.7. The number of hydrogen-bond donors (Lipinski definition) is 3. The van der Waals surface area contributed by atoms with Crippen LogP contribution >= 0.6 is 7.44 Å². The van der Waals surface area contributed by atoms with Crippen molar-refractivity contribution in [1.82, 2.24) is 29.7 Å². The number of nitrogen functional groups attached to an aromatic ring is 1. The number of esters is 2. The molecule has 0 saturated heterocycles. The molecule has 4 N–H and O–H groups in total. The summed E-state index contributed by atoms with van der Waals surface area (Å²) in [6, 6.07) is 0. The zero-order valence-corrected chi connectivity index (χ0v) is 29.4. The Morgan fingerprint density at radius 2 is 1.45 bits per heavy atom. The molecule has 0 radical (unpaired) electrons. The van der Waals surface area contributed by atoms with Gasteiger partial charge in [0.1, 0.15) is 29.3 Å². The van der Waals surface area contributed by atoms with Crippen molar-refractivity contribution in [1.29, 1.82) is 0 Å². The van der Waals surface area contributed by atoms with Crippen LogP contribution in [0.2, 0.25) is 0 Å². The molecule has 0 unspecified atom stereocenters. The van der Waals surface area contributed by atoms with Crippen LogP contribution in [-0.4, -0.2) is 68.2 Å². The maximum absolute atomic E-state index is 14.8. The van der Waals surface area contributed by atoms with E-state index in [4.69, 9.17) is 19.9 Å². The molecule has 0 aliphatic heterocycles. The number of anilines is 1. The molecule has 2 heterocycles. The second kappa shape index (κ2) is 12.7. The average Bonchev–Trinajstić information content (AvgIpc) is 3.85. The monoisotopic (exact) mass is 673 g/mol. The van der Waals surface area contributed by atoms with E-state index in [9.17, 15) is 14.2 Å². The number of carbonyl (C=O) groups is 2. The third-order valence-corrected chi connectivity index (χ3v) is 13.5. The van der Waals surface area contributed by atoms with Gasteiger partial charge >= 0.3 is 11.9 Å². The lowest BCUT2D eigenvalue weighted by Crippen LogP contribution is -2.54. The molecule has 0 aromatic carbocycles. The van der Waals surface area contributed by atoms with Gasteiger partial charge in [-0.2, -0.15) is 0 Å². The van der Waals surface area contributed by atoms with Crippen molar-refractivity contribution in [2.45, 2.75) is 123 Å². The molecule has 260 valence electrons. The lowest BCUT2D eigenvalue weighted by molar-refractivity contribution is -0.153. The van der Waals surface area contributed by atoms with Crippen molar-refractivity contribution < 1.29 is 28.4 Å². The molecule has 4 fully saturated rings. The quantitative estimate of drug-likeness (QED) is 0.172. The fraction of sp³-hybridized carbons (Fsp3) is 0.788. The van der Waals surface area contributed by atoms with Gasteiger partial charge in [-0.05, 0) is 111 Å². The lowest BCUT2D eigenvalue weighted by Gasteiger charge is -2.36. The summed E-state index contributed by atoms with van der Waals surface area (Å²) in [6.45, 7) is 9.53. The standard InChI is InChI=1S/C33H52N7O6P/c1-22(16-40-20-37-25-26(34)35-19-36-27(25)40)46-21-47(43,38-30(2,3)28(41)44-17-32-10-6-23(14-32)7-11-32)39-31(4,5)29(42)45-18-33-12-8-24(15-33)9-13-33/h19-20,22-24H,6-18,21H2,1-5H3,(H2,34,35,36)(H2,38,39,43)/t22-,23?,24?,32?,33?,47?/m1/s1. The Bertz CT molecular complexity index is 1460. The van der Waals surface area contributed by atoms with Crippen LogP contribution in [0.15, 0.2) is 12.7 Å². The Balaban J connectivity index is 1.13. The summed E-state index contributed by atoms with van der Waals surface area (Å²) in [7, 11) is -3.79. The first-order valence-electron chi connectivity index (χ1n) is 17.2. The van der Waals surface area contributed by atoms with E-state index in [0.717, 1.165) is 50.4 Å². The minimum Gasteiger partial charge on any atom is -0.464 e. The summed E-state index contributed by atoms with van der Waals surface area (Å²) >= 11 is 0. The van der Waals surface area contributed by atoms with Crippen LogP contribution in [0.4, 0.5) is 5.82 Å². The molecule has 47 heavy (non-hydrogen) atoms. The van der Waals surface area contributed by atoms with E-state index in [1.54, 1.807) is 38.6 Å². The molecule has 6 rings (SSSR count). The van der Waals surface area contributed by atoms with Crippen LogP contribution in [0.3, 0.4) is 0 Å². The summed E-state index contributed by atoms with van der Waals surface area (Å²) in [5, 5.41) is 6.10. The molecule has 0 amide bonds. The molecule has 2 aromatic rings. The highest BCUT2D eigenvalue weighted by molar-refractivity contribution is 7.59. The van der Waals surface area contributed by atoms with E-state index in [2.05, 4.69) is 25.1 Å². The molecular weight excluding hydrogens is 621 g/mol. The number of nitrogens with two attached hydrogens (primary N) is 1. The molecule has 4 aliphatic carbocycles. The van der Waals surface area contributed by atoms with Crippen LogP contribution < -0.4 is 15.9 Å². The number of carbonyl (C=O) groups excluding carboxylic acids is 2. The molecule has 0 spiro atoms. The minimum atomic E-state index is -3.79. The van der Waals surface area contributed by atoms with Gasteiger partial charge in [-0.1, -0.05) is 0 Å². The summed E-state index contributed by atoms with van der Waals surface area (Å²) in [5.74, 6) is 0.772. The number of rotatable bonds is 15. The van der Waals surface area contributed by atoms with Crippen LogP contribution in [0.5, 0.6) is 0 Å². The minimum absolute atomic E-state index is 0.0634. The Morgan fingerprint density at radius 3 is 1.91 bits per heavy atom. The molecule has 14 heteroatoms. The molecule has 1 atom stereocenters. The van der Waals surface area contributed by atoms with Crippen LogP contribution in [0, 0.1) is 22.7 Å². The third-order valence-electron chi connectivity index (χ3n) is 11.2. The van der Waals surface area contributed by atoms with Crippen LogP contribution in [0.25, 0.3) is 11.2 Å². The van der Waals surface area contributed by atoms with Gasteiger partial charge in [0.05, 0.1) is 32.2 Å². The first kappa shape index (κ1) is 34.3. The number of nitrogens with one attached hydrogen (secondary N) is 2. The Morgan fingerprint density at radius 1 is 0.936 bits per heavy atom. The van der Waals surface area contributed by atoms with Crippen molar-refractivity contribution in [3.63, 3.8) is 0 Å². The smallest absolute Gasteiger partial charge is 0.326 e. The van der Waals surface area contributed by atoms with Crippen LogP contribution in [0.1, 0.15) is 98.8 Å². The zero-order valence-electron chi connectivity index (χ0n) is 28.5. The average molecular weight is 674 g/mol. The number of hydrogen-bond acceptors (Lipinski definition) is 10. The number of imidazole rings is 1. The van der Waals surface area contributed by atoms with Gasteiger partial charge in [0, 0.05) is 10.8 Å². The number of aromatic nitrogens is 4. The fourth-order valence-corrected chi connectivity index (χ4v) is 11.1. The fourth-order valence-electron chi connectivity index (χ4n) is 8.51. The summed E-state index contributed by atoms with van der Waals surface area (Å²) in [6.07, 6.45) is 13.5. The van der Waals surface area contributed by atoms with Crippen molar-refractivity contribution in [3.8, 4) is 0 Å². The lowest BCUT2D eigenvalue weighted by atomic mass is 9.85. The first-order chi connectivity index (χ1) is 22.1. The van der Waals surface area contributed by atoms with Gasteiger partial charge in [0.25, 0.3) is 0 Å². The maximum Gasteiger partial charge on any atom is 0.326 e. The van der Waals surface area contributed by atoms with Crippen molar-refractivity contribution in [2.75, 3.05) is 25.3 Å². The Labute approximate surface area is 277 Å². The predicted octanol–water partition coefficient (Wildman–Crippen LogP) is 4.95.